The van der Waals surface area contributed by atoms with Gasteiger partial charge in [0.1, 0.15) is 0 Å². The molecule has 0 aromatic carbocycles. The Kier molecular flexibility index (Phi) is 42.8. The zero-order valence-electron chi connectivity index (χ0n) is 16.3. The Morgan fingerprint density at radius 3 is 1.62 bits per heavy atom. The molecule has 0 radical (unpaired) electrons. The van der Waals surface area contributed by atoms with Crippen molar-refractivity contribution in [1.82, 2.24) is 5.01 Å². The normalized spacial score (nSPS) is 9.29. The first-order chi connectivity index (χ1) is 10.3. The SMILES string of the molecule is CC.CC.CC.CCCCCCCCN(N)/C(=C\N)CC. The van der Waals surface area contributed by atoms with Crippen LogP contribution in [0.3, 0.4) is 0 Å². The van der Waals surface area contributed by atoms with Gasteiger partial charge >= 0.3 is 0 Å². The molecule has 0 rings (SSSR count). The Hall–Kier alpha value is -0.700. The number of rotatable bonds is 9. The second-order valence-electron chi connectivity index (χ2n) is 3.97. The average molecular weight is 304 g/mol. The van der Waals surface area contributed by atoms with Crippen LogP contribution in [0, 0.1) is 0 Å². The van der Waals surface area contributed by atoms with Crippen LogP contribution < -0.4 is 11.6 Å². The van der Waals surface area contributed by atoms with Gasteiger partial charge in [-0.25, -0.2) is 5.84 Å². The number of nitrogens with two attached hydrogens (primary N) is 2. The number of nitrogens with zero attached hydrogens (tertiary/aromatic N) is 1. The van der Waals surface area contributed by atoms with Gasteiger partial charge in [0, 0.05) is 18.4 Å². The standard InChI is InChI=1S/C12H27N3.3C2H6/c1-3-5-6-7-8-9-10-15(14)12(4-2)11-13;3*1-2/h11H,3-10,13-14H2,1-2H3;3*1-2H3/b12-11-;;;. The quantitative estimate of drug-likeness (QED) is 0.321. The highest BCUT2D eigenvalue weighted by Crippen LogP contribution is 2.07. The fourth-order valence-corrected chi connectivity index (χ4v) is 1.62. The molecule has 0 aliphatic heterocycles. The molecule has 3 nitrogen and oxygen atoms in total. The molecule has 0 aliphatic rings. The van der Waals surface area contributed by atoms with E-state index in [1.54, 1.807) is 11.2 Å². The number of hydrogen-bond donors (Lipinski definition) is 2. The van der Waals surface area contributed by atoms with E-state index in [-0.39, 0.29) is 0 Å². The summed E-state index contributed by atoms with van der Waals surface area (Å²) in [6, 6.07) is 0. The fraction of sp³-hybridized carbons (Fsp3) is 0.889. The van der Waals surface area contributed by atoms with Crippen LogP contribution in [0.15, 0.2) is 11.9 Å². The third kappa shape index (κ3) is 24.7. The Labute approximate surface area is 136 Å². The minimum absolute atomic E-state index is 0.906. The predicted octanol–water partition coefficient (Wildman–Crippen LogP) is 5.81. The van der Waals surface area contributed by atoms with Crippen LogP contribution in [-0.2, 0) is 0 Å². The molecular formula is C18H45N3. The largest absolute Gasteiger partial charge is 0.403 e. The summed E-state index contributed by atoms with van der Waals surface area (Å²) in [6.45, 7) is 17.2. The third-order valence-electron chi connectivity index (χ3n) is 2.68. The van der Waals surface area contributed by atoms with Crippen LogP contribution in [0.2, 0.25) is 0 Å². The van der Waals surface area contributed by atoms with Crippen LogP contribution in [0.25, 0.3) is 0 Å². The van der Waals surface area contributed by atoms with Gasteiger partial charge in [-0.2, -0.15) is 0 Å². The lowest BCUT2D eigenvalue weighted by molar-refractivity contribution is 0.335. The van der Waals surface area contributed by atoms with Gasteiger partial charge in [-0.15, -0.1) is 0 Å². The molecule has 0 heterocycles. The summed E-state index contributed by atoms with van der Waals surface area (Å²) in [5.41, 5.74) is 6.50. The molecule has 0 aromatic rings. The van der Waals surface area contributed by atoms with Crippen LogP contribution in [-0.4, -0.2) is 11.6 Å². The van der Waals surface area contributed by atoms with Crippen LogP contribution in [0.5, 0.6) is 0 Å². The van der Waals surface area contributed by atoms with Gasteiger partial charge in [0.05, 0.1) is 0 Å². The van der Waals surface area contributed by atoms with E-state index in [4.69, 9.17) is 11.6 Å². The molecule has 4 N–H and O–H groups in total. The molecular weight excluding hydrogens is 258 g/mol. The lowest BCUT2D eigenvalue weighted by Gasteiger charge is -2.20. The second-order valence-corrected chi connectivity index (χ2v) is 3.97. The van der Waals surface area contributed by atoms with Crippen molar-refractivity contribution in [2.45, 2.75) is 100 Å². The van der Waals surface area contributed by atoms with E-state index >= 15 is 0 Å². The molecule has 0 saturated heterocycles. The molecule has 0 spiro atoms. The summed E-state index contributed by atoms with van der Waals surface area (Å²) in [6.07, 6.45) is 10.3. The van der Waals surface area contributed by atoms with Gasteiger partial charge in [-0.05, 0) is 12.8 Å². The monoisotopic (exact) mass is 303 g/mol. The van der Waals surface area contributed by atoms with Gasteiger partial charge in [0.15, 0.2) is 0 Å². The molecule has 0 aromatic heterocycles. The van der Waals surface area contributed by atoms with Crippen molar-refractivity contribution in [2.75, 3.05) is 6.54 Å². The van der Waals surface area contributed by atoms with E-state index < -0.39 is 0 Å². The first-order valence-corrected chi connectivity index (χ1v) is 9.19. The Bertz CT molecular complexity index is 168. The number of hydrogen-bond acceptors (Lipinski definition) is 3. The summed E-state index contributed by atoms with van der Waals surface area (Å²) in [4.78, 5) is 0. The first-order valence-electron chi connectivity index (χ1n) is 9.19. The summed E-state index contributed by atoms with van der Waals surface area (Å²) in [7, 11) is 0. The fourth-order valence-electron chi connectivity index (χ4n) is 1.62. The highest BCUT2D eigenvalue weighted by molar-refractivity contribution is 4.95. The average Bonchev–Trinajstić information content (AvgIpc) is 2.57. The summed E-state index contributed by atoms with van der Waals surface area (Å²) in [5, 5.41) is 1.78. The van der Waals surface area contributed by atoms with Crippen molar-refractivity contribution >= 4 is 0 Å². The Morgan fingerprint density at radius 1 is 0.810 bits per heavy atom. The molecule has 0 amide bonds. The van der Waals surface area contributed by atoms with Crippen LogP contribution in [0.1, 0.15) is 100 Å². The molecule has 0 aliphatic carbocycles. The van der Waals surface area contributed by atoms with Crippen LogP contribution in [0.4, 0.5) is 0 Å². The van der Waals surface area contributed by atoms with E-state index in [0.29, 0.717) is 0 Å². The van der Waals surface area contributed by atoms with Crippen molar-refractivity contribution in [1.29, 1.82) is 0 Å². The summed E-state index contributed by atoms with van der Waals surface area (Å²) < 4.78 is 0. The maximum absolute atomic E-state index is 5.86. The smallest absolute Gasteiger partial charge is 0.0442 e. The third-order valence-corrected chi connectivity index (χ3v) is 2.68. The topological polar surface area (TPSA) is 55.3 Å². The molecule has 21 heavy (non-hydrogen) atoms. The molecule has 0 saturated carbocycles. The van der Waals surface area contributed by atoms with Crippen molar-refractivity contribution in [2.24, 2.45) is 11.6 Å². The van der Waals surface area contributed by atoms with Crippen molar-refractivity contribution in [3.05, 3.63) is 11.9 Å². The van der Waals surface area contributed by atoms with E-state index in [0.717, 1.165) is 25.1 Å². The molecule has 0 unspecified atom stereocenters. The lowest BCUT2D eigenvalue weighted by Crippen LogP contribution is -2.31. The van der Waals surface area contributed by atoms with E-state index in [9.17, 15) is 0 Å². The number of hydrazine groups is 1. The van der Waals surface area contributed by atoms with Gasteiger partial charge in [0.25, 0.3) is 0 Å². The second kappa shape index (κ2) is 31.6. The first kappa shape index (κ1) is 28.5. The summed E-state index contributed by atoms with van der Waals surface area (Å²) >= 11 is 0. The van der Waals surface area contributed by atoms with E-state index in [1.165, 1.54) is 32.1 Å². The van der Waals surface area contributed by atoms with Crippen molar-refractivity contribution in [3.8, 4) is 0 Å². The van der Waals surface area contributed by atoms with Crippen LogP contribution >= 0.6 is 0 Å². The van der Waals surface area contributed by atoms with E-state index in [2.05, 4.69) is 13.8 Å². The van der Waals surface area contributed by atoms with Crippen molar-refractivity contribution in [3.63, 3.8) is 0 Å². The summed E-state index contributed by atoms with van der Waals surface area (Å²) in [5.74, 6) is 5.86. The molecule has 0 bridgehead atoms. The number of unbranched alkanes of at least 4 members (excludes halogenated alkanes) is 5. The van der Waals surface area contributed by atoms with Gasteiger partial charge < -0.3 is 10.7 Å². The van der Waals surface area contributed by atoms with E-state index in [1.807, 2.05) is 41.5 Å². The number of allylic oxidation sites excluding steroid dienone is 1. The molecule has 3 heteroatoms. The minimum Gasteiger partial charge on any atom is -0.403 e. The van der Waals surface area contributed by atoms with Gasteiger partial charge in [-0.1, -0.05) is 87.5 Å². The maximum atomic E-state index is 5.86. The highest BCUT2D eigenvalue weighted by atomic mass is 15.4. The minimum atomic E-state index is 0.906. The molecule has 0 fully saturated rings. The molecule has 132 valence electrons. The Balaban J connectivity index is -0.000000212. The van der Waals surface area contributed by atoms with Crippen molar-refractivity contribution < 1.29 is 0 Å². The highest BCUT2D eigenvalue weighted by Gasteiger charge is 2.01. The maximum Gasteiger partial charge on any atom is 0.0442 e. The van der Waals surface area contributed by atoms with Gasteiger partial charge in [0.2, 0.25) is 0 Å². The molecule has 0 atom stereocenters. The Morgan fingerprint density at radius 2 is 1.24 bits per heavy atom. The lowest BCUT2D eigenvalue weighted by atomic mass is 10.1. The van der Waals surface area contributed by atoms with Gasteiger partial charge in [-0.3, -0.25) is 0 Å². The zero-order valence-corrected chi connectivity index (χ0v) is 16.3. The zero-order chi connectivity index (χ0) is 17.5. The predicted molar refractivity (Wildman–Crippen MR) is 101 cm³/mol.